The van der Waals surface area contributed by atoms with Crippen LogP contribution in [0.1, 0.15) is 26.2 Å². The van der Waals surface area contributed by atoms with Crippen LogP contribution in [0.5, 0.6) is 0 Å². The van der Waals surface area contributed by atoms with E-state index >= 15 is 0 Å². The second-order valence-corrected chi connectivity index (χ2v) is 6.69. The van der Waals surface area contributed by atoms with Crippen molar-refractivity contribution in [2.24, 2.45) is 0 Å². The number of hydrogen-bond acceptors (Lipinski definition) is 5. The Labute approximate surface area is 146 Å². The molecule has 1 aliphatic heterocycles. The average molecular weight is 345 g/mol. The molecule has 2 aromatic rings. The average Bonchev–Trinajstić information content (AvgIpc) is 3.06. The van der Waals surface area contributed by atoms with Crippen molar-refractivity contribution in [2.45, 2.75) is 31.3 Å². The molecule has 1 saturated heterocycles. The summed E-state index contributed by atoms with van der Waals surface area (Å²) in [7, 11) is 0. The van der Waals surface area contributed by atoms with Crippen molar-refractivity contribution in [2.75, 3.05) is 30.3 Å². The fourth-order valence-electron chi connectivity index (χ4n) is 2.84. The van der Waals surface area contributed by atoms with Crippen molar-refractivity contribution in [3.63, 3.8) is 0 Å². The van der Waals surface area contributed by atoms with Crippen LogP contribution in [-0.2, 0) is 4.79 Å². The Morgan fingerprint density at radius 1 is 1.17 bits per heavy atom. The molecule has 0 aliphatic carbocycles. The number of aromatic nitrogens is 3. The summed E-state index contributed by atoms with van der Waals surface area (Å²) >= 11 is 1.43. The Bertz CT molecular complexity index is 667. The van der Waals surface area contributed by atoms with Gasteiger partial charge in [-0.3, -0.25) is 9.36 Å². The number of para-hydroxylation sites is 1. The van der Waals surface area contributed by atoms with Crippen molar-refractivity contribution in [1.29, 1.82) is 0 Å². The van der Waals surface area contributed by atoms with Gasteiger partial charge in [0.15, 0.2) is 5.16 Å². The highest BCUT2D eigenvalue weighted by molar-refractivity contribution is 7.99. The van der Waals surface area contributed by atoms with E-state index in [4.69, 9.17) is 0 Å². The number of rotatable bonds is 6. The fraction of sp³-hybridized carbons (Fsp3) is 0.471. The van der Waals surface area contributed by atoms with Gasteiger partial charge in [0, 0.05) is 19.6 Å². The van der Waals surface area contributed by atoms with Crippen molar-refractivity contribution < 1.29 is 4.79 Å². The van der Waals surface area contributed by atoms with Gasteiger partial charge in [-0.05, 0) is 38.3 Å². The lowest BCUT2D eigenvalue weighted by molar-refractivity contribution is -0.118. The van der Waals surface area contributed by atoms with Crippen LogP contribution in [0.2, 0.25) is 0 Å². The zero-order chi connectivity index (χ0) is 16.8. The van der Waals surface area contributed by atoms with E-state index in [9.17, 15) is 4.79 Å². The largest absolute Gasteiger partial charge is 0.356 e. The molecule has 24 heavy (non-hydrogen) atoms. The van der Waals surface area contributed by atoms with E-state index in [-0.39, 0.29) is 5.91 Å². The second-order valence-electron chi connectivity index (χ2n) is 5.74. The first-order valence-electron chi connectivity index (χ1n) is 8.45. The molecule has 128 valence electrons. The number of anilines is 1. The number of piperidine rings is 1. The zero-order valence-electron chi connectivity index (χ0n) is 13.9. The Balaban J connectivity index is 1.88. The van der Waals surface area contributed by atoms with Gasteiger partial charge >= 0.3 is 0 Å². The second kappa shape index (κ2) is 8.19. The lowest BCUT2D eigenvalue weighted by Gasteiger charge is -2.27. The van der Waals surface area contributed by atoms with E-state index in [0.717, 1.165) is 29.9 Å². The van der Waals surface area contributed by atoms with Crippen molar-refractivity contribution in [3.05, 3.63) is 30.3 Å². The first-order chi connectivity index (χ1) is 11.8. The summed E-state index contributed by atoms with van der Waals surface area (Å²) in [6.45, 7) is 4.57. The van der Waals surface area contributed by atoms with E-state index in [1.807, 2.05) is 37.3 Å². The molecule has 2 heterocycles. The standard InChI is InChI=1S/C17H23N5OS/c1-2-18-15(23)13-24-17-20-19-16(21-11-7-4-8-12-21)22(17)14-9-5-3-6-10-14/h3,5-6,9-10H,2,4,7-8,11-13H2,1H3,(H,18,23). The highest BCUT2D eigenvalue weighted by atomic mass is 32.2. The van der Waals surface area contributed by atoms with Crippen molar-refractivity contribution >= 4 is 23.6 Å². The van der Waals surface area contributed by atoms with Crippen LogP contribution in [0.3, 0.4) is 0 Å². The van der Waals surface area contributed by atoms with Gasteiger partial charge < -0.3 is 10.2 Å². The van der Waals surface area contributed by atoms with Gasteiger partial charge in [0.2, 0.25) is 11.9 Å². The molecule has 1 fully saturated rings. The minimum atomic E-state index is 0.0182. The number of carbonyl (C=O) groups is 1. The molecule has 1 aromatic heterocycles. The predicted octanol–water partition coefficient (Wildman–Crippen LogP) is 2.49. The highest BCUT2D eigenvalue weighted by Gasteiger charge is 2.21. The first kappa shape index (κ1) is 16.8. The zero-order valence-corrected chi connectivity index (χ0v) is 14.8. The molecule has 0 radical (unpaired) electrons. The molecule has 3 rings (SSSR count). The molecular formula is C17H23N5OS. The summed E-state index contributed by atoms with van der Waals surface area (Å²) in [6, 6.07) is 10.1. The van der Waals surface area contributed by atoms with E-state index in [0.29, 0.717) is 12.3 Å². The Kier molecular flexibility index (Phi) is 5.74. The SMILES string of the molecule is CCNC(=O)CSc1nnc(N2CCCCC2)n1-c1ccccc1. The number of hydrogen-bond donors (Lipinski definition) is 1. The third-order valence-corrected chi connectivity index (χ3v) is 4.90. The number of thioether (sulfide) groups is 1. The minimum absolute atomic E-state index is 0.0182. The number of benzene rings is 1. The molecular weight excluding hydrogens is 322 g/mol. The topological polar surface area (TPSA) is 63.1 Å². The number of carbonyl (C=O) groups excluding carboxylic acids is 1. The molecule has 0 unspecified atom stereocenters. The van der Waals surface area contributed by atoms with E-state index < -0.39 is 0 Å². The minimum Gasteiger partial charge on any atom is -0.356 e. The molecule has 0 saturated carbocycles. The molecule has 1 amide bonds. The van der Waals surface area contributed by atoms with Crippen molar-refractivity contribution in [3.8, 4) is 5.69 Å². The van der Waals surface area contributed by atoms with Crippen LogP contribution < -0.4 is 10.2 Å². The van der Waals surface area contributed by atoms with Crippen molar-refractivity contribution in [1.82, 2.24) is 20.1 Å². The maximum Gasteiger partial charge on any atom is 0.232 e. The summed E-state index contributed by atoms with van der Waals surface area (Å²) in [5.41, 5.74) is 1.03. The van der Waals surface area contributed by atoms with Gasteiger partial charge in [-0.15, -0.1) is 10.2 Å². The normalized spacial score (nSPS) is 14.6. The molecule has 6 nitrogen and oxygen atoms in total. The predicted molar refractivity (Wildman–Crippen MR) is 96.8 cm³/mol. The smallest absolute Gasteiger partial charge is 0.232 e. The van der Waals surface area contributed by atoms with Gasteiger partial charge in [0.1, 0.15) is 0 Å². The fourth-order valence-corrected chi connectivity index (χ4v) is 3.61. The molecule has 0 atom stereocenters. The van der Waals surface area contributed by atoms with Gasteiger partial charge in [-0.25, -0.2) is 0 Å². The Morgan fingerprint density at radius 3 is 2.62 bits per heavy atom. The van der Waals surface area contributed by atoms with E-state index in [1.54, 1.807) is 0 Å². The number of nitrogens with one attached hydrogen (secondary N) is 1. The molecule has 1 aromatic carbocycles. The van der Waals surface area contributed by atoms with Gasteiger partial charge in [0.25, 0.3) is 0 Å². The van der Waals surface area contributed by atoms with Crippen LogP contribution in [0.15, 0.2) is 35.5 Å². The van der Waals surface area contributed by atoms with Crippen LogP contribution in [0.25, 0.3) is 5.69 Å². The summed E-state index contributed by atoms with van der Waals surface area (Å²) in [6.07, 6.45) is 3.64. The summed E-state index contributed by atoms with van der Waals surface area (Å²) < 4.78 is 2.06. The molecule has 0 bridgehead atoms. The van der Waals surface area contributed by atoms with E-state index in [1.165, 1.54) is 31.0 Å². The summed E-state index contributed by atoms with van der Waals surface area (Å²) in [5, 5.41) is 12.4. The maximum absolute atomic E-state index is 11.8. The van der Waals surface area contributed by atoms with Crippen LogP contribution in [0, 0.1) is 0 Å². The van der Waals surface area contributed by atoms with Gasteiger partial charge in [-0.1, -0.05) is 30.0 Å². The van der Waals surface area contributed by atoms with Gasteiger partial charge in [0.05, 0.1) is 11.4 Å². The molecule has 1 N–H and O–H groups in total. The summed E-state index contributed by atoms with van der Waals surface area (Å²) in [5.74, 6) is 1.24. The van der Waals surface area contributed by atoms with Crippen LogP contribution in [0.4, 0.5) is 5.95 Å². The third-order valence-electron chi connectivity index (χ3n) is 3.98. The maximum atomic E-state index is 11.8. The highest BCUT2D eigenvalue weighted by Crippen LogP contribution is 2.28. The van der Waals surface area contributed by atoms with E-state index in [2.05, 4.69) is 25.0 Å². The Hall–Kier alpha value is -2.02. The monoisotopic (exact) mass is 345 g/mol. The number of nitrogens with zero attached hydrogens (tertiary/aromatic N) is 4. The first-order valence-corrected chi connectivity index (χ1v) is 9.43. The van der Waals surface area contributed by atoms with Gasteiger partial charge in [-0.2, -0.15) is 0 Å². The Morgan fingerprint density at radius 2 is 1.92 bits per heavy atom. The third kappa shape index (κ3) is 3.90. The summed E-state index contributed by atoms with van der Waals surface area (Å²) in [4.78, 5) is 14.1. The van der Waals surface area contributed by atoms with Crippen LogP contribution >= 0.6 is 11.8 Å². The quantitative estimate of drug-likeness (QED) is 0.815. The molecule has 0 spiro atoms. The molecule has 1 aliphatic rings. The lowest BCUT2D eigenvalue weighted by Crippen LogP contribution is -2.31. The molecule has 7 heteroatoms. The lowest BCUT2D eigenvalue weighted by atomic mass is 10.1. The number of amides is 1. The van der Waals surface area contributed by atoms with Crippen LogP contribution in [-0.4, -0.2) is 46.1 Å².